The lowest BCUT2D eigenvalue weighted by Gasteiger charge is -2.13. The molecule has 0 saturated heterocycles. The van der Waals surface area contributed by atoms with Crippen LogP contribution < -0.4 is 10.7 Å². The molecule has 0 aromatic carbocycles. The molecular formula is C14H19N3O2. The molecule has 0 aromatic rings. The van der Waals surface area contributed by atoms with Crippen LogP contribution in [0.1, 0.15) is 6.92 Å². The zero-order valence-electron chi connectivity index (χ0n) is 11.1. The summed E-state index contributed by atoms with van der Waals surface area (Å²) in [6.45, 7) is 1.93. The van der Waals surface area contributed by atoms with Gasteiger partial charge in [-0.2, -0.15) is 5.10 Å². The summed E-state index contributed by atoms with van der Waals surface area (Å²) in [5, 5.41) is 15.7. The molecule has 1 heterocycles. The van der Waals surface area contributed by atoms with Gasteiger partial charge in [-0.3, -0.25) is 4.79 Å². The number of amides is 1. The van der Waals surface area contributed by atoms with Crippen molar-refractivity contribution in [3.05, 3.63) is 48.4 Å². The Morgan fingerprint density at radius 3 is 3.00 bits per heavy atom. The van der Waals surface area contributed by atoms with Crippen molar-refractivity contribution in [2.75, 3.05) is 7.05 Å². The van der Waals surface area contributed by atoms with E-state index >= 15 is 0 Å². The number of hydrazone groups is 1. The smallest absolute Gasteiger partial charge is 0.263 e. The molecule has 1 rings (SSSR count). The predicted molar refractivity (Wildman–Crippen MR) is 76.5 cm³/mol. The van der Waals surface area contributed by atoms with Crippen LogP contribution in [0.4, 0.5) is 0 Å². The Balaban J connectivity index is 2.88. The minimum Gasteiger partial charge on any atom is -0.513 e. The molecule has 0 saturated carbocycles. The largest absolute Gasteiger partial charge is 0.513 e. The molecule has 2 unspecified atom stereocenters. The highest BCUT2D eigenvalue weighted by atomic mass is 16.2. The molecule has 5 nitrogen and oxygen atoms in total. The molecule has 19 heavy (non-hydrogen) atoms. The van der Waals surface area contributed by atoms with Gasteiger partial charge in [-0.25, -0.2) is 5.43 Å². The van der Waals surface area contributed by atoms with Crippen molar-refractivity contribution in [3.63, 3.8) is 0 Å². The first-order chi connectivity index (χ1) is 9.21. The number of hydrogen-bond donors (Lipinski definition) is 3. The lowest BCUT2D eigenvalue weighted by molar-refractivity contribution is -0.116. The Morgan fingerprint density at radius 1 is 1.58 bits per heavy atom. The number of allylic oxidation sites excluding steroid dienone is 5. The standard InChI is InChI=1S/C14H19N3O2/c1-3-4-11(5-7-13(10-18)15-2)12-6-8-14(19)17-16-9-12/h3-12,15,18H,1-2H3,(H,17,19)/b4-3+,7-5-,13-10-. The molecule has 0 fully saturated rings. The normalized spacial score (nSPS) is 21.7. The van der Waals surface area contributed by atoms with Crippen molar-refractivity contribution in [1.82, 2.24) is 10.7 Å². The summed E-state index contributed by atoms with van der Waals surface area (Å²) in [5.41, 5.74) is 3.00. The quantitative estimate of drug-likeness (QED) is 0.400. The molecule has 0 radical (unpaired) electrons. The number of carbonyl (C=O) groups is 1. The van der Waals surface area contributed by atoms with Crippen molar-refractivity contribution in [2.24, 2.45) is 16.9 Å². The zero-order chi connectivity index (χ0) is 14.1. The van der Waals surface area contributed by atoms with Gasteiger partial charge in [0, 0.05) is 31.2 Å². The summed E-state index contributed by atoms with van der Waals surface area (Å²) in [6.07, 6.45) is 13.7. The maximum atomic E-state index is 11.2. The third-order valence-corrected chi connectivity index (χ3v) is 2.68. The molecule has 3 N–H and O–H groups in total. The van der Waals surface area contributed by atoms with Gasteiger partial charge in [0.1, 0.15) is 6.26 Å². The van der Waals surface area contributed by atoms with E-state index in [2.05, 4.69) is 15.8 Å². The molecular weight excluding hydrogens is 242 g/mol. The van der Waals surface area contributed by atoms with E-state index in [1.54, 1.807) is 19.3 Å². The summed E-state index contributed by atoms with van der Waals surface area (Å²) in [5.74, 6) is -0.183. The van der Waals surface area contributed by atoms with E-state index in [9.17, 15) is 4.79 Å². The highest BCUT2D eigenvalue weighted by Crippen LogP contribution is 2.17. The first kappa shape index (κ1) is 14.8. The fourth-order valence-corrected chi connectivity index (χ4v) is 1.65. The van der Waals surface area contributed by atoms with Crippen LogP contribution in [0.15, 0.2) is 53.5 Å². The third-order valence-electron chi connectivity index (χ3n) is 2.68. The number of nitrogens with one attached hydrogen (secondary N) is 2. The first-order valence-corrected chi connectivity index (χ1v) is 6.05. The van der Waals surface area contributed by atoms with Gasteiger partial charge in [-0.05, 0) is 13.0 Å². The lowest BCUT2D eigenvalue weighted by Crippen LogP contribution is -2.13. The summed E-state index contributed by atoms with van der Waals surface area (Å²) < 4.78 is 0. The fraction of sp³-hybridized carbons (Fsp3) is 0.286. The van der Waals surface area contributed by atoms with E-state index in [0.29, 0.717) is 5.70 Å². The van der Waals surface area contributed by atoms with Gasteiger partial charge < -0.3 is 10.4 Å². The Kier molecular flexibility index (Phi) is 6.15. The highest BCUT2D eigenvalue weighted by Gasteiger charge is 2.14. The molecule has 0 aromatic heterocycles. The minimum absolute atomic E-state index is 0.0109. The van der Waals surface area contributed by atoms with Crippen LogP contribution in [0.3, 0.4) is 0 Å². The molecule has 1 aliphatic heterocycles. The SMILES string of the molecule is C/C=C/C(/C=C\C(=C\O)NC)C1C=CC(=O)NN=C1. The fourth-order valence-electron chi connectivity index (χ4n) is 1.65. The van der Waals surface area contributed by atoms with Crippen LogP contribution in [-0.4, -0.2) is 24.3 Å². The monoisotopic (exact) mass is 261 g/mol. The van der Waals surface area contributed by atoms with Gasteiger partial charge in [0.05, 0.1) is 5.70 Å². The summed E-state index contributed by atoms with van der Waals surface area (Å²) in [4.78, 5) is 11.2. The Bertz CT molecular complexity index is 448. The van der Waals surface area contributed by atoms with Crippen molar-refractivity contribution in [2.45, 2.75) is 6.92 Å². The van der Waals surface area contributed by atoms with Gasteiger partial charge in [0.25, 0.3) is 5.91 Å². The molecule has 0 aliphatic carbocycles. The third kappa shape index (κ3) is 4.83. The molecule has 0 bridgehead atoms. The number of aliphatic hydroxyl groups is 1. The van der Waals surface area contributed by atoms with Gasteiger partial charge >= 0.3 is 0 Å². The summed E-state index contributed by atoms with van der Waals surface area (Å²) >= 11 is 0. The van der Waals surface area contributed by atoms with E-state index in [4.69, 9.17) is 5.11 Å². The maximum absolute atomic E-state index is 11.2. The maximum Gasteiger partial charge on any atom is 0.263 e. The number of carbonyl (C=O) groups excluding carboxylic acids is 1. The van der Waals surface area contributed by atoms with Gasteiger partial charge in [0.15, 0.2) is 0 Å². The second kappa shape index (κ2) is 7.92. The molecule has 2 atom stereocenters. The van der Waals surface area contributed by atoms with Crippen LogP contribution in [0, 0.1) is 11.8 Å². The van der Waals surface area contributed by atoms with E-state index in [-0.39, 0.29) is 17.7 Å². The second-order valence-corrected chi connectivity index (χ2v) is 3.99. The Labute approximate surface area is 113 Å². The average Bonchev–Trinajstić information content (AvgIpc) is 2.63. The summed E-state index contributed by atoms with van der Waals surface area (Å²) in [6, 6.07) is 0. The van der Waals surface area contributed by atoms with Crippen molar-refractivity contribution in [1.29, 1.82) is 0 Å². The van der Waals surface area contributed by atoms with Crippen LogP contribution in [0.25, 0.3) is 0 Å². The van der Waals surface area contributed by atoms with E-state index in [0.717, 1.165) is 6.26 Å². The second-order valence-electron chi connectivity index (χ2n) is 3.99. The van der Waals surface area contributed by atoms with Crippen molar-refractivity contribution < 1.29 is 9.90 Å². The van der Waals surface area contributed by atoms with Crippen LogP contribution in [0.5, 0.6) is 0 Å². The molecule has 1 aliphatic rings. The number of aliphatic hydroxyl groups excluding tert-OH is 1. The van der Waals surface area contributed by atoms with Gasteiger partial charge in [-0.1, -0.05) is 24.3 Å². The number of hydrogen-bond acceptors (Lipinski definition) is 4. The minimum atomic E-state index is -0.229. The van der Waals surface area contributed by atoms with E-state index in [1.165, 1.54) is 6.08 Å². The van der Waals surface area contributed by atoms with Crippen LogP contribution >= 0.6 is 0 Å². The lowest BCUT2D eigenvalue weighted by atomic mass is 9.91. The van der Waals surface area contributed by atoms with E-state index < -0.39 is 0 Å². The molecule has 102 valence electrons. The summed E-state index contributed by atoms with van der Waals surface area (Å²) in [7, 11) is 1.73. The van der Waals surface area contributed by atoms with Gasteiger partial charge in [-0.15, -0.1) is 0 Å². The molecule has 5 heteroatoms. The molecule has 1 amide bonds. The first-order valence-electron chi connectivity index (χ1n) is 6.05. The van der Waals surface area contributed by atoms with Crippen LogP contribution in [0.2, 0.25) is 0 Å². The highest BCUT2D eigenvalue weighted by molar-refractivity contribution is 5.89. The Hall–Kier alpha value is -2.30. The average molecular weight is 261 g/mol. The number of rotatable bonds is 5. The van der Waals surface area contributed by atoms with Crippen LogP contribution in [-0.2, 0) is 4.79 Å². The predicted octanol–water partition coefficient (Wildman–Crippen LogP) is 1.64. The topological polar surface area (TPSA) is 73.7 Å². The zero-order valence-corrected chi connectivity index (χ0v) is 11.1. The van der Waals surface area contributed by atoms with E-state index in [1.807, 2.05) is 31.2 Å². The van der Waals surface area contributed by atoms with Crippen molar-refractivity contribution in [3.8, 4) is 0 Å². The van der Waals surface area contributed by atoms with Gasteiger partial charge in [0.2, 0.25) is 0 Å². The number of nitrogens with zero attached hydrogens (tertiary/aromatic N) is 1. The molecule has 0 spiro atoms. The number of likely N-dealkylation sites (N-methyl/N-ethyl adjacent to an activating group) is 1. The van der Waals surface area contributed by atoms with Crippen molar-refractivity contribution >= 4 is 12.1 Å². The Morgan fingerprint density at radius 2 is 2.37 bits per heavy atom.